The first-order valence-electron chi connectivity index (χ1n) is 9.09. The van der Waals surface area contributed by atoms with Crippen LogP contribution in [0.25, 0.3) is 0 Å². The molecule has 1 aliphatic rings. The van der Waals surface area contributed by atoms with Crippen LogP contribution in [0, 0.1) is 0 Å². The number of amides is 1. The molecule has 1 saturated heterocycles. The van der Waals surface area contributed by atoms with Crippen molar-refractivity contribution < 1.29 is 9.53 Å². The summed E-state index contributed by atoms with van der Waals surface area (Å²) in [4.78, 5) is 14.9. The summed E-state index contributed by atoms with van der Waals surface area (Å²) < 4.78 is 5.35. The Morgan fingerprint density at radius 1 is 1.08 bits per heavy atom. The molecule has 0 unspecified atom stereocenters. The van der Waals surface area contributed by atoms with Crippen molar-refractivity contribution in [1.82, 2.24) is 10.2 Å². The lowest BCUT2D eigenvalue weighted by Gasteiger charge is -2.26. The third-order valence-electron chi connectivity index (χ3n) is 4.70. The maximum Gasteiger partial charge on any atom is 0.220 e. The van der Waals surface area contributed by atoms with E-state index in [2.05, 4.69) is 22.3 Å². The van der Waals surface area contributed by atoms with Crippen LogP contribution >= 0.6 is 11.6 Å². The minimum Gasteiger partial charge on any atom is -0.379 e. The second-order valence-electron chi connectivity index (χ2n) is 6.53. The zero-order valence-corrected chi connectivity index (χ0v) is 15.6. The molecule has 1 aliphatic heterocycles. The van der Waals surface area contributed by atoms with E-state index in [4.69, 9.17) is 16.3 Å². The SMILES string of the molecule is O=C(C[C@@H](c1ccccc1)c1cccc(Cl)c1)NCCN1CCOCC1. The van der Waals surface area contributed by atoms with E-state index in [1.807, 2.05) is 42.5 Å². The third-order valence-corrected chi connectivity index (χ3v) is 4.93. The second-order valence-corrected chi connectivity index (χ2v) is 6.96. The van der Waals surface area contributed by atoms with Crippen molar-refractivity contribution in [2.75, 3.05) is 39.4 Å². The van der Waals surface area contributed by atoms with Crippen LogP contribution < -0.4 is 5.32 Å². The fourth-order valence-electron chi connectivity index (χ4n) is 3.27. The minimum absolute atomic E-state index is 0.00159. The Balaban J connectivity index is 1.61. The standard InChI is InChI=1S/C21H25ClN2O2/c22-19-8-4-7-18(15-19)20(17-5-2-1-3-6-17)16-21(25)23-9-10-24-11-13-26-14-12-24/h1-8,15,20H,9-14,16H2,(H,23,25)/t20-/m0/s1. The normalized spacial score (nSPS) is 16.2. The summed E-state index contributed by atoms with van der Waals surface area (Å²) in [6, 6.07) is 17.9. The van der Waals surface area contributed by atoms with Gasteiger partial charge in [0.15, 0.2) is 0 Å². The molecule has 0 spiro atoms. The molecule has 2 aromatic rings. The monoisotopic (exact) mass is 372 g/mol. The van der Waals surface area contributed by atoms with Crippen molar-refractivity contribution in [2.45, 2.75) is 12.3 Å². The van der Waals surface area contributed by atoms with Crippen molar-refractivity contribution >= 4 is 17.5 Å². The smallest absolute Gasteiger partial charge is 0.220 e. The maximum atomic E-state index is 12.5. The predicted octanol–water partition coefficient (Wildman–Crippen LogP) is 3.31. The summed E-state index contributed by atoms with van der Waals surface area (Å²) in [6.45, 7) is 4.95. The third kappa shape index (κ3) is 5.56. The van der Waals surface area contributed by atoms with E-state index in [1.165, 1.54) is 0 Å². The van der Waals surface area contributed by atoms with E-state index in [1.54, 1.807) is 0 Å². The molecule has 1 amide bonds. The number of carbonyl (C=O) groups is 1. The van der Waals surface area contributed by atoms with Gasteiger partial charge in [-0.1, -0.05) is 54.1 Å². The number of ether oxygens (including phenoxy) is 1. The lowest BCUT2D eigenvalue weighted by Crippen LogP contribution is -2.41. The highest BCUT2D eigenvalue weighted by Gasteiger charge is 2.19. The molecule has 0 aromatic heterocycles. The van der Waals surface area contributed by atoms with Gasteiger partial charge in [-0.3, -0.25) is 9.69 Å². The minimum atomic E-state index is -0.00159. The summed E-state index contributed by atoms with van der Waals surface area (Å²) in [5.74, 6) is 0.0605. The van der Waals surface area contributed by atoms with Gasteiger partial charge in [-0.25, -0.2) is 0 Å². The second kappa shape index (κ2) is 9.72. The van der Waals surface area contributed by atoms with Crippen LogP contribution in [0.15, 0.2) is 54.6 Å². The van der Waals surface area contributed by atoms with Gasteiger partial charge in [0.2, 0.25) is 5.91 Å². The number of nitrogens with one attached hydrogen (secondary N) is 1. The number of benzene rings is 2. The molecule has 4 nitrogen and oxygen atoms in total. The number of carbonyl (C=O) groups excluding carboxylic acids is 1. The van der Waals surface area contributed by atoms with Crippen molar-refractivity contribution in [1.29, 1.82) is 0 Å². The molecular weight excluding hydrogens is 348 g/mol. The molecule has 0 bridgehead atoms. The molecule has 0 radical (unpaired) electrons. The van der Waals surface area contributed by atoms with E-state index < -0.39 is 0 Å². The van der Waals surface area contributed by atoms with Gasteiger partial charge in [-0.05, 0) is 23.3 Å². The Kier molecular flexibility index (Phi) is 7.06. The maximum absolute atomic E-state index is 12.5. The summed E-state index contributed by atoms with van der Waals surface area (Å²) in [7, 11) is 0. The molecule has 3 rings (SSSR count). The van der Waals surface area contributed by atoms with E-state index >= 15 is 0 Å². The van der Waals surface area contributed by atoms with Crippen LogP contribution in [-0.4, -0.2) is 50.2 Å². The molecule has 0 saturated carbocycles. The zero-order valence-electron chi connectivity index (χ0n) is 14.9. The van der Waals surface area contributed by atoms with Crippen molar-refractivity contribution in [3.8, 4) is 0 Å². The van der Waals surface area contributed by atoms with E-state index in [0.29, 0.717) is 18.0 Å². The average Bonchev–Trinajstić information content (AvgIpc) is 2.68. The highest BCUT2D eigenvalue weighted by Crippen LogP contribution is 2.29. The first-order valence-corrected chi connectivity index (χ1v) is 9.47. The largest absolute Gasteiger partial charge is 0.379 e. The summed E-state index contributed by atoms with van der Waals surface area (Å²) >= 11 is 6.17. The van der Waals surface area contributed by atoms with Crippen molar-refractivity contribution in [3.63, 3.8) is 0 Å². The Bertz CT molecular complexity index is 702. The number of hydrogen-bond acceptors (Lipinski definition) is 3. The molecule has 1 atom stereocenters. The highest BCUT2D eigenvalue weighted by atomic mass is 35.5. The summed E-state index contributed by atoms with van der Waals surface area (Å²) in [6.07, 6.45) is 0.410. The molecule has 2 aromatic carbocycles. The summed E-state index contributed by atoms with van der Waals surface area (Å²) in [5, 5.41) is 3.75. The van der Waals surface area contributed by atoms with Gasteiger partial charge < -0.3 is 10.1 Å². The van der Waals surface area contributed by atoms with Crippen LogP contribution in [0.3, 0.4) is 0 Å². The molecule has 138 valence electrons. The van der Waals surface area contributed by atoms with Gasteiger partial charge in [0.05, 0.1) is 13.2 Å². The van der Waals surface area contributed by atoms with Crippen molar-refractivity contribution in [3.05, 3.63) is 70.7 Å². The first-order chi connectivity index (χ1) is 12.7. The Hall–Kier alpha value is -1.88. The molecule has 5 heteroatoms. The Morgan fingerprint density at radius 2 is 1.81 bits per heavy atom. The van der Waals surface area contributed by atoms with Gasteiger partial charge in [0, 0.05) is 43.5 Å². The van der Waals surface area contributed by atoms with Gasteiger partial charge >= 0.3 is 0 Å². The number of rotatable bonds is 7. The van der Waals surface area contributed by atoms with Gasteiger partial charge in [0.25, 0.3) is 0 Å². The molecule has 26 heavy (non-hydrogen) atoms. The van der Waals surface area contributed by atoms with E-state index in [0.717, 1.165) is 44.0 Å². The van der Waals surface area contributed by atoms with Gasteiger partial charge in [-0.15, -0.1) is 0 Å². The Morgan fingerprint density at radius 3 is 2.54 bits per heavy atom. The highest BCUT2D eigenvalue weighted by molar-refractivity contribution is 6.30. The van der Waals surface area contributed by atoms with Crippen LogP contribution in [0.2, 0.25) is 5.02 Å². The number of hydrogen-bond donors (Lipinski definition) is 1. The molecular formula is C21H25ClN2O2. The first kappa shape index (κ1) is 18.9. The van der Waals surface area contributed by atoms with Gasteiger partial charge in [0.1, 0.15) is 0 Å². The average molecular weight is 373 g/mol. The quantitative estimate of drug-likeness (QED) is 0.810. The van der Waals surface area contributed by atoms with Gasteiger partial charge in [-0.2, -0.15) is 0 Å². The predicted molar refractivity (Wildman–Crippen MR) is 105 cm³/mol. The Labute approximate surface area is 160 Å². The molecule has 1 heterocycles. The fraction of sp³-hybridized carbons (Fsp3) is 0.381. The lowest BCUT2D eigenvalue weighted by atomic mass is 9.88. The van der Waals surface area contributed by atoms with Crippen molar-refractivity contribution in [2.24, 2.45) is 0 Å². The van der Waals surface area contributed by atoms with Crippen LogP contribution in [0.5, 0.6) is 0 Å². The fourth-order valence-corrected chi connectivity index (χ4v) is 3.47. The summed E-state index contributed by atoms with van der Waals surface area (Å²) in [5.41, 5.74) is 2.19. The topological polar surface area (TPSA) is 41.6 Å². The molecule has 1 N–H and O–H groups in total. The van der Waals surface area contributed by atoms with E-state index in [-0.39, 0.29) is 11.8 Å². The van der Waals surface area contributed by atoms with E-state index in [9.17, 15) is 4.79 Å². The zero-order chi connectivity index (χ0) is 18.2. The number of nitrogens with zero attached hydrogens (tertiary/aromatic N) is 1. The van der Waals surface area contributed by atoms with Crippen LogP contribution in [0.1, 0.15) is 23.5 Å². The number of morpholine rings is 1. The molecule has 1 fully saturated rings. The van der Waals surface area contributed by atoms with Crippen LogP contribution in [-0.2, 0) is 9.53 Å². The van der Waals surface area contributed by atoms with Crippen LogP contribution in [0.4, 0.5) is 0 Å². The number of halogens is 1. The molecule has 0 aliphatic carbocycles. The lowest BCUT2D eigenvalue weighted by molar-refractivity contribution is -0.121.